The van der Waals surface area contributed by atoms with Crippen molar-refractivity contribution in [2.24, 2.45) is 5.73 Å². The summed E-state index contributed by atoms with van der Waals surface area (Å²) in [6, 6.07) is 6.90. The van der Waals surface area contributed by atoms with Crippen LogP contribution in [0.5, 0.6) is 11.5 Å². The summed E-state index contributed by atoms with van der Waals surface area (Å²) >= 11 is 1.24. The Balaban J connectivity index is 1.89. The predicted molar refractivity (Wildman–Crippen MR) is 79.6 cm³/mol. The Labute approximate surface area is 126 Å². The number of para-hydroxylation sites is 2. The number of benzene rings is 1. The molecule has 8 heteroatoms. The van der Waals surface area contributed by atoms with Gasteiger partial charge in [0.05, 0.1) is 13.2 Å². The minimum absolute atomic E-state index is 0.145. The fourth-order valence-corrected chi connectivity index (χ4v) is 2.22. The van der Waals surface area contributed by atoms with E-state index >= 15 is 0 Å². The normalized spacial score (nSPS) is 11.8. The molecular formula is C13H16N4O3S. The van der Waals surface area contributed by atoms with Gasteiger partial charge in [0.2, 0.25) is 5.13 Å². The van der Waals surface area contributed by atoms with Crippen molar-refractivity contribution < 1.29 is 14.3 Å². The first kappa shape index (κ1) is 15.2. The van der Waals surface area contributed by atoms with Gasteiger partial charge in [-0.15, -0.1) is 10.2 Å². The van der Waals surface area contributed by atoms with Crippen molar-refractivity contribution in [3.63, 3.8) is 0 Å². The Morgan fingerprint density at radius 2 is 2.10 bits per heavy atom. The zero-order chi connectivity index (χ0) is 15.2. The number of nitrogens with zero attached hydrogens (tertiary/aromatic N) is 2. The monoisotopic (exact) mass is 308 g/mol. The molecule has 0 spiro atoms. The third kappa shape index (κ3) is 4.14. The van der Waals surface area contributed by atoms with Gasteiger partial charge in [0, 0.05) is 0 Å². The van der Waals surface area contributed by atoms with Gasteiger partial charge in [-0.1, -0.05) is 23.5 Å². The van der Waals surface area contributed by atoms with Gasteiger partial charge in [0.15, 0.2) is 18.1 Å². The number of carbonyl (C=O) groups excluding carboxylic acids is 1. The molecular weight excluding hydrogens is 292 g/mol. The maximum Gasteiger partial charge on any atom is 0.264 e. The molecule has 0 aliphatic heterocycles. The minimum Gasteiger partial charge on any atom is -0.493 e. The minimum atomic E-state index is -0.326. The highest BCUT2D eigenvalue weighted by molar-refractivity contribution is 7.15. The molecule has 0 saturated carbocycles. The maximum atomic E-state index is 11.8. The van der Waals surface area contributed by atoms with Crippen LogP contribution in [0.1, 0.15) is 18.0 Å². The van der Waals surface area contributed by atoms with Crippen LogP contribution in [0.3, 0.4) is 0 Å². The summed E-state index contributed by atoms with van der Waals surface area (Å²) in [5.41, 5.74) is 5.68. The standard InChI is InChI=1S/C13H16N4O3S/c1-8(14)12-16-17-13(21-12)15-11(18)7-20-10-6-4-3-5-9(10)19-2/h3-6,8H,7,14H2,1-2H3,(H,15,17,18). The number of hydrogen-bond acceptors (Lipinski definition) is 7. The average molecular weight is 308 g/mol. The second-order valence-corrected chi connectivity index (χ2v) is 5.23. The number of anilines is 1. The summed E-state index contributed by atoms with van der Waals surface area (Å²) in [4.78, 5) is 11.8. The SMILES string of the molecule is COc1ccccc1OCC(=O)Nc1nnc(C(C)N)s1. The van der Waals surface area contributed by atoms with Gasteiger partial charge in [-0.3, -0.25) is 10.1 Å². The molecule has 1 atom stereocenters. The van der Waals surface area contributed by atoms with Gasteiger partial charge in [-0.05, 0) is 19.1 Å². The summed E-state index contributed by atoms with van der Waals surface area (Å²) in [5, 5.41) is 11.4. The van der Waals surface area contributed by atoms with Gasteiger partial charge in [-0.25, -0.2) is 0 Å². The van der Waals surface area contributed by atoms with Gasteiger partial charge >= 0.3 is 0 Å². The first-order valence-corrected chi connectivity index (χ1v) is 7.06. The smallest absolute Gasteiger partial charge is 0.264 e. The molecule has 0 saturated heterocycles. The van der Waals surface area contributed by atoms with E-state index in [0.717, 1.165) is 0 Å². The number of nitrogens with two attached hydrogens (primary N) is 1. The number of methoxy groups -OCH3 is 1. The second kappa shape index (κ2) is 7.00. The average Bonchev–Trinajstić information content (AvgIpc) is 2.94. The highest BCUT2D eigenvalue weighted by Gasteiger charge is 2.12. The van der Waals surface area contributed by atoms with Crippen LogP contribution >= 0.6 is 11.3 Å². The number of hydrogen-bond donors (Lipinski definition) is 2. The van der Waals surface area contributed by atoms with E-state index in [2.05, 4.69) is 15.5 Å². The van der Waals surface area contributed by atoms with E-state index in [4.69, 9.17) is 15.2 Å². The zero-order valence-corrected chi connectivity index (χ0v) is 12.5. The van der Waals surface area contributed by atoms with Gasteiger partial charge < -0.3 is 15.2 Å². The van der Waals surface area contributed by atoms with Crippen molar-refractivity contribution in [3.05, 3.63) is 29.3 Å². The molecule has 0 aliphatic rings. The number of ether oxygens (including phenoxy) is 2. The molecule has 1 amide bonds. The summed E-state index contributed by atoms with van der Waals surface area (Å²) < 4.78 is 10.5. The van der Waals surface area contributed by atoms with E-state index in [9.17, 15) is 4.79 Å². The number of aromatic nitrogens is 2. The number of amides is 1. The summed E-state index contributed by atoms with van der Waals surface area (Å²) in [6.07, 6.45) is 0. The van der Waals surface area contributed by atoms with Crippen LogP contribution in [0.2, 0.25) is 0 Å². The third-order valence-electron chi connectivity index (χ3n) is 2.50. The van der Waals surface area contributed by atoms with E-state index in [1.165, 1.54) is 11.3 Å². The van der Waals surface area contributed by atoms with Crippen LogP contribution in [0, 0.1) is 0 Å². The Kier molecular flexibility index (Phi) is 5.07. The fourth-order valence-electron chi connectivity index (χ4n) is 1.51. The maximum absolute atomic E-state index is 11.8. The van der Waals surface area contributed by atoms with Gasteiger partial charge in [-0.2, -0.15) is 0 Å². The lowest BCUT2D eigenvalue weighted by molar-refractivity contribution is -0.118. The highest BCUT2D eigenvalue weighted by Crippen LogP contribution is 2.25. The summed E-state index contributed by atoms with van der Waals surface area (Å²) in [5.74, 6) is 0.748. The van der Waals surface area contributed by atoms with Crippen LogP contribution in [0.15, 0.2) is 24.3 Å². The Hall–Kier alpha value is -2.19. The van der Waals surface area contributed by atoms with Crippen LogP contribution in [0.25, 0.3) is 0 Å². The molecule has 1 aromatic heterocycles. The summed E-state index contributed by atoms with van der Waals surface area (Å²) in [7, 11) is 1.54. The molecule has 0 aliphatic carbocycles. The number of nitrogens with one attached hydrogen (secondary N) is 1. The Morgan fingerprint density at radius 3 is 2.71 bits per heavy atom. The van der Waals surface area contributed by atoms with Crippen molar-refractivity contribution in [1.29, 1.82) is 0 Å². The second-order valence-electron chi connectivity index (χ2n) is 4.22. The van der Waals surface area contributed by atoms with E-state index in [1.54, 1.807) is 32.2 Å². The van der Waals surface area contributed by atoms with Crippen LogP contribution < -0.4 is 20.5 Å². The molecule has 3 N–H and O–H groups in total. The van der Waals surface area contributed by atoms with Gasteiger partial charge in [0.1, 0.15) is 5.01 Å². The van der Waals surface area contributed by atoms with Crippen LogP contribution in [-0.4, -0.2) is 29.8 Å². The van der Waals surface area contributed by atoms with Gasteiger partial charge in [0.25, 0.3) is 5.91 Å². The lowest BCUT2D eigenvalue weighted by Crippen LogP contribution is -2.20. The van der Waals surface area contributed by atoms with Crippen molar-refractivity contribution in [2.45, 2.75) is 13.0 Å². The molecule has 1 unspecified atom stereocenters. The van der Waals surface area contributed by atoms with E-state index in [-0.39, 0.29) is 18.6 Å². The lowest BCUT2D eigenvalue weighted by atomic mass is 10.3. The Morgan fingerprint density at radius 1 is 1.38 bits per heavy atom. The topological polar surface area (TPSA) is 99.4 Å². The molecule has 0 radical (unpaired) electrons. The number of rotatable bonds is 6. The molecule has 21 heavy (non-hydrogen) atoms. The van der Waals surface area contributed by atoms with E-state index < -0.39 is 0 Å². The molecule has 112 valence electrons. The third-order valence-corrected chi connectivity index (χ3v) is 3.54. The number of carbonyl (C=O) groups is 1. The molecule has 7 nitrogen and oxygen atoms in total. The largest absolute Gasteiger partial charge is 0.493 e. The molecule has 0 fully saturated rings. The van der Waals surface area contributed by atoms with E-state index in [1.807, 2.05) is 6.07 Å². The molecule has 2 rings (SSSR count). The van der Waals surface area contributed by atoms with Crippen LogP contribution in [0.4, 0.5) is 5.13 Å². The van der Waals surface area contributed by atoms with Crippen molar-refractivity contribution in [2.75, 3.05) is 19.0 Å². The van der Waals surface area contributed by atoms with Crippen molar-refractivity contribution in [1.82, 2.24) is 10.2 Å². The highest BCUT2D eigenvalue weighted by atomic mass is 32.1. The molecule has 1 heterocycles. The zero-order valence-electron chi connectivity index (χ0n) is 11.7. The van der Waals surface area contributed by atoms with E-state index in [0.29, 0.717) is 21.6 Å². The Bertz CT molecular complexity index is 615. The predicted octanol–water partition coefficient (Wildman–Crippen LogP) is 1.58. The molecule has 0 bridgehead atoms. The van der Waals surface area contributed by atoms with Crippen molar-refractivity contribution in [3.8, 4) is 11.5 Å². The molecule has 2 aromatic rings. The first-order valence-electron chi connectivity index (χ1n) is 6.25. The van der Waals surface area contributed by atoms with Crippen LogP contribution in [-0.2, 0) is 4.79 Å². The molecule has 1 aromatic carbocycles. The quantitative estimate of drug-likeness (QED) is 0.840. The summed E-state index contributed by atoms with van der Waals surface area (Å²) in [6.45, 7) is 1.66. The fraction of sp³-hybridized carbons (Fsp3) is 0.308. The van der Waals surface area contributed by atoms with Crippen molar-refractivity contribution >= 4 is 22.4 Å². The first-order chi connectivity index (χ1) is 10.1. The lowest BCUT2D eigenvalue weighted by Gasteiger charge is -2.09.